The maximum atomic E-state index is 13.8. The molecule has 0 aromatic heterocycles. The fourth-order valence-electron chi connectivity index (χ4n) is 1.77. The molecule has 0 spiro atoms. The van der Waals surface area contributed by atoms with Crippen molar-refractivity contribution in [3.05, 3.63) is 29.3 Å². The van der Waals surface area contributed by atoms with Gasteiger partial charge in [-0.05, 0) is 29.7 Å². The molecule has 4 heteroatoms. The van der Waals surface area contributed by atoms with Gasteiger partial charge in [0, 0.05) is 18.4 Å². The summed E-state index contributed by atoms with van der Waals surface area (Å²) in [4.78, 5) is 0. The second-order valence-electron chi connectivity index (χ2n) is 4.47. The Labute approximate surface area is 106 Å². The number of hydrogen-bond acceptors (Lipinski definition) is 2. The van der Waals surface area contributed by atoms with Gasteiger partial charge in [-0.2, -0.15) is 5.26 Å². The van der Waals surface area contributed by atoms with E-state index in [-0.39, 0.29) is 17.9 Å². The highest BCUT2D eigenvalue weighted by atomic mass is 19.3. The van der Waals surface area contributed by atoms with E-state index >= 15 is 0 Å². The lowest BCUT2D eigenvalue weighted by Crippen LogP contribution is -2.13. The minimum Gasteiger partial charge on any atom is -0.496 e. The Hall–Kier alpha value is -1.63. The number of alkyl halides is 2. The minimum atomic E-state index is -2.97. The van der Waals surface area contributed by atoms with Crippen molar-refractivity contribution in [1.29, 1.82) is 5.26 Å². The van der Waals surface area contributed by atoms with Gasteiger partial charge in [-0.25, -0.2) is 8.78 Å². The van der Waals surface area contributed by atoms with Crippen LogP contribution in [0.15, 0.2) is 18.2 Å². The third-order valence-electron chi connectivity index (χ3n) is 2.82. The predicted molar refractivity (Wildman–Crippen MR) is 65.8 cm³/mol. The second-order valence-corrected chi connectivity index (χ2v) is 4.47. The predicted octanol–water partition coefficient (Wildman–Crippen LogP) is 4.21. The molecular formula is C14H17F2NO. The van der Waals surface area contributed by atoms with Gasteiger partial charge in [-0.15, -0.1) is 0 Å². The van der Waals surface area contributed by atoms with Gasteiger partial charge in [0.25, 0.3) is 5.92 Å². The number of rotatable bonds is 5. The summed E-state index contributed by atoms with van der Waals surface area (Å²) >= 11 is 0. The summed E-state index contributed by atoms with van der Waals surface area (Å²) in [7, 11) is 1.52. The average molecular weight is 253 g/mol. The molecule has 1 aromatic carbocycles. The molecule has 18 heavy (non-hydrogen) atoms. The van der Waals surface area contributed by atoms with Crippen molar-refractivity contribution in [3.63, 3.8) is 0 Å². The van der Waals surface area contributed by atoms with Gasteiger partial charge in [-0.1, -0.05) is 13.8 Å². The third-order valence-corrected chi connectivity index (χ3v) is 2.82. The van der Waals surface area contributed by atoms with Crippen LogP contribution < -0.4 is 4.74 Å². The number of benzene rings is 1. The zero-order chi connectivity index (χ0) is 13.8. The molecule has 98 valence electrons. The van der Waals surface area contributed by atoms with E-state index in [0.29, 0.717) is 5.75 Å². The summed E-state index contributed by atoms with van der Waals surface area (Å²) in [5.74, 6) is -2.25. The first kappa shape index (κ1) is 14.4. The molecule has 0 unspecified atom stereocenters. The molecule has 0 fully saturated rings. The monoisotopic (exact) mass is 253 g/mol. The highest BCUT2D eigenvalue weighted by Crippen LogP contribution is 2.37. The van der Waals surface area contributed by atoms with Crippen LogP contribution in [-0.2, 0) is 5.92 Å². The standard InChI is InChI=1S/C14H17F2NO/c1-10(2)12-9-11(5-6-13(12)18-3)14(15,16)7-4-8-17/h5-6,9-10H,4,7H2,1-3H3. The van der Waals surface area contributed by atoms with Gasteiger partial charge < -0.3 is 4.74 Å². The normalized spacial score (nSPS) is 11.4. The molecule has 0 saturated heterocycles. The Morgan fingerprint density at radius 1 is 1.39 bits per heavy atom. The maximum Gasteiger partial charge on any atom is 0.274 e. The highest BCUT2D eigenvalue weighted by molar-refractivity contribution is 5.40. The first-order valence-electron chi connectivity index (χ1n) is 5.85. The molecule has 0 aliphatic heterocycles. The van der Waals surface area contributed by atoms with Crippen LogP contribution in [0, 0.1) is 11.3 Å². The van der Waals surface area contributed by atoms with Crippen molar-refractivity contribution in [2.45, 2.75) is 38.5 Å². The molecule has 0 radical (unpaired) electrons. The zero-order valence-corrected chi connectivity index (χ0v) is 10.8. The van der Waals surface area contributed by atoms with Gasteiger partial charge in [0.2, 0.25) is 0 Å². The second kappa shape index (κ2) is 5.81. The molecule has 1 aromatic rings. The Kier molecular flexibility index (Phi) is 4.66. The molecule has 0 atom stereocenters. The number of hydrogen-bond donors (Lipinski definition) is 0. The van der Waals surface area contributed by atoms with Crippen LogP contribution in [0.2, 0.25) is 0 Å². The van der Waals surface area contributed by atoms with E-state index < -0.39 is 12.3 Å². The van der Waals surface area contributed by atoms with Crippen molar-refractivity contribution < 1.29 is 13.5 Å². The molecular weight excluding hydrogens is 236 g/mol. The number of nitrogens with zero attached hydrogens (tertiary/aromatic N) is 1. The van der Waals surface area contributed by atoms with E-state index in [1.807, 2.05) is 13.8 Å². The molecule has 0 bridgehead atoms. The fraction of sp³-hybridized carbons (Fsp3) is 0.500. The highest BCUT2D eigenvalue weighted by Gasteiger charge is 2.31. The summed E-state index contributed by atoms with van der Waals surface area (Å²) in [5.41, 5.74) is 0.703. The van der Waals surface area contributed by atoms with Gasteiger partial charge in [0.1, 0.15) is 5.75 Å². The topological polar surface area (TPSA) is 33.0 Å². The largest absolute Gasteiger partial charge is 0.496 e. The number of nitriles is 1. The number of ether oxygens (including phenoxy) is 1. The first-order valence-corrected chi connectivity index (χ1v) is 5.85. The van der Waals surface area contributed by atoms with Crippen molar-refractivity contribution in [2.24, 2.45) is 0 Å². The minimum absolute atomic E-state index is 0.0535. The van der Waals surface area contributed by atoms with Crippen LogP contribution in [0.1, 0.15) is 43.7 Å². The summed E-state index contributed by atoms with van der Waals surface area (Å²) in [5, 5.41) is 8.40. The Balaban J connectivity index is 3.11. The molecule has 0 saturated carbocycles. The molecule has 1 rings (SSSR count). The molecule has 0 N–H and O–H groups in total. The summed E-state index contributed by atoms with van der Waals surface area (Å²) in [6.45, 7) is 3.85. The van der Waals surface area contributed by atoms with Gasteiger partial charge in [-0.3, -0.25) is 0 Å². The average Bonchev–Trinajstić information content (AvgIpc) is 2.35. The van der Waals surface area contributed by atoms with Crippen LogP contribution in [0.3, 0.4) is 0 Å². The smallest absolute Gasteiger partial charge is 0.274 e. The molecule has 0 amide bonds. The zero-order valence-electron chi connectivity index (χ0n) is 10.8. The van der Waals surface area contributed by atoms with E-state index in [0.717, 1.165) is 5.56 Å². The molecule has 2 nitrogen and oxygen atoms in total. The SMILES string of the molecule is COc1ccc(C(F)(F)CCC#N)cc1C(C)C. The maximum absolute atomic E-state index is 13.8. The Bertz CT molecular complexity index is 450. The number of halogens is 2. The van der Waals surface area contributed by atoms with E-state index in [1.165, 1.54) is 19.2 Å². The quantitative estimate of drug-likeness (QED) is 0.787. The van der Waals surface area contributed by atoms with Gasteiger partial charge in [0.15, 0.2) is 0 Å². The Morgan fingerprint density at radius 2 is 2.06 bits per heavy atom. The van der Waals surface area contributed by atoms with Crippen LogP contribution >= 0.6 is 0 Å². The first-order chi connectivity index (χ1) is 8.42. The van der Waals surface area contributed by atoms with E-state index in [2.05, 4.69) is 0 Å². The molecule has 0 aliphatic carbocycles. The fourth-order valence-corrected chi connectivity index (χ4v) is 1.77. The van der Waals surface area contributed by atoms with E-state index in [1.54, 1.807) is 12.1 Å². The Morgan fingerprint density at radius 3 is 2.56 bits per heavy atom. The summed E-state index contributed by atoms with van der Waals surface area (Å²) in [6, 6.07) is 6.15. The van der Waals surface area contributed by atoms with Crippen LogP contribution in [0.4, 0.5) is 8.78 Å². The summed E-state index contributed by atoms with van der Waals surface area (Å²) in [6.07, 6.45) is -0.608. The van der Waals surface area contributed by atoms with Crippen LogP contribution in [0.5, 0.6) is 5.75 Å². The van der Waals surface area contributed by atoms with Crippen molar-refractivity contribution in [3.8, 4) is 11.8 Å². The van der Waals surface area contributed by atoms with Crippen molar-refractivity contribution in [2.75, 3.05) is 7.11 Å². The lowest BCUT2D eigenvalue weighted by atomic mass is 9.95. The lowest BCUT2D eigenvalue weighted by Gasteiger charge is -2.19. The van der Waals surface area contributed by atoms with Crippen molar-refractivity contribution in [1.82, 2.24) is 0 Å². The summed E-state index contributed by atoms with van der Waals surface area (Å²) < 4.78 is 32.8. The molecule has 0 heterocycles. The van der Waals surface area contributed by atoms with Gasteiger partial charge >= 0.3 is 0 Å². The van der Waals surface area contributed by atoms with E-state index in [4.69, 9.17) is 10.00 Å². The van der Waals surface area contributed by atoms with Crippen molar-refractivity contribution >= 4 is 0 Å². The van der Waals surface area contributed by atoms with Crippen LogP contribution in [-0.4, -0.2) is 7.11 Å². The van der Waals surface area contributed by atoms with Gasteiger partial charge in [0.05, 0.1) is 13.2 Å². The lowest BCUT2D eigenvalue weighted by molar-refractivity contribution is -0.0120. The van der Waals surface area contributed by atoms with E-state index in [9.17, 15) is 8.78 Å². The third kappa shape index (κ3) is 3.19. The van der Waals surface area contributed by atoms with Crippen LogP contribution in [0.25, 0.3) is 0 Å². The number of methoxy groups -OCH3 is 1. The molecule has 0 aliphatic rings.